The summed E-state index contributed by atoms with van der Waals surface area (Å²) in [5.74, 6) is 5.71. The molecule has 9 heavy (non-hydrogen) atoms. The molecule has 0 rings (SSSR count). The summed E-state index contributed by atoms with van der Waals surface area (Å²) in [6.45, 7) is 4.51. The van der Waals surface area contributed by atoms with Crippen LogP contribution in [0.4, 0.5) is 0 Å². The van der Waals surface area contributed by atoms with Gasteiger partial charge in [0, 0.05) is 11.9 Å². The molecule has 0 aliphatic carbocycles. The summed E-state index contributed by atoms with van der Waals surface area (Å²) >= 11 is 3.29. The predicted molar refractivity (Wildman–Crippen MR) is 42.7 cm³/mol. The fraction of sp³-hybridized carbons (Fsp3) is 0.714. The fourth-order valence-corrected chi connectivity index (χ4v) is 0.836. The molecule has 0 aromatic carbocycles. The van der Waals surface area contributed by atoms with Gasteiger partial charge in [-0.3, -0.25) is 0 Å². The Kier molecular flexibility index (Phi) is 6.12. The second-order valence-corrected chi connectivity index (χ2v) is 2.14. The number of alkyl halides is 1. The summed E-state index contributed by atoms with van der Waals surface area (Å²) in [4.78, 5) is 0. The number of halogens is 1. The van der Waals surface area contributed by atoms with Crippen LogP contribution in [-0.4, -0.2) is 18.0 Å². The third-order valence-electron chi connectivity index (χ3n) is 0.813. The van der Waals surface area contributed by atoms with Crippen LogP contribution in [0.3, 0.4) is 0 Å². The summed E-state index contributed by atoms with van der Waals surface area (Å²) in [6.07, 6.45) is 0.0694. The summed E-state index contributed by atoms with van der Waals surface area (Å²) in [6, 6.07) is 0. The number of ether oxygens (including phenoxy) is 1. The number of hydrogen-bond acceptors (Lipinski definition) is 1. The molecular weight excluding hydrogens is 180 g/mol. The predicted octanol–water partition coefficient (Wildman–Crippen LogP) is 1.81. The van der Waals surface area contributed by atoms with E-state index < -0.39 is 0 Å². The standard InChI is InChI=1S/C7H11BrO/c1-3-5-7(6-8)9-4-2/h7H,4,6H2,1-2H3. The maximum Gasteiger partial charge on any atom is 0.127 e. The van der Waals surface area contributed by atoms with Crippen LogP contribution in [0.25, 0.3) is 0 Å². The molecule has 0 N–H and O–H groups in total. The Bertz CT molecular complexity index is 112. The maximum absolute atomic E-state index is 5.21. The van der Waals surface area contributed by atoms with Gasteiger partial charge in [0.1, 0.15) is 6.10 Å². The Balaban J connectivity index is 3.50. The zero-order valence-electron chi connectivity index (χ0n) is 5.78. The van der Waals surface area contributed by atoms with Crippen LogP contribution in [0, 0.1) is 11.8 Å². The second kappa shape index (κ2) is 6.12. The molecule has 1 atom stereocenters. The van der Waals surface area contributed by atoms with Gasteiger partial charge in [0.05, 0.1) is 0 Å². The van der Waals surface area contributed by atoms with E-state index in [4.69, 9.17) is 4.74 Å². The molecule has 0 heterocycles. The van der Waals surface area contributed by atoms with Gasteiger partial charge in [-0.2, -0.15) is 0 Å². The topological polar surface area (TPSA) is 9.23 Å². The first-order valence-electron chi connectivity index (χ1n) is 2.95. The Labute approximate surface area is 64.9 Å². The van der Waals surface area contributed by atoms with Gasteiger partial charge in [0.2, 0.25) is 0 Å². The highest BCUT2D eigenvalue weighted by Crippen LogP contribution is 1.94. The average molecular weight is 191 g/mol. The van der Waals surface area contributed by atoms with Gasteiger partial charge in [-0.25, -0.2) is 0 Å². The highest BCUT2D eigenvalue weighted by molar-refractivity contribution is 9.09. The Morgan fingerprint density at radius 3 is 2.67 bits per heavy atom. The molecule has 52 valence electrons. The van der Waals surface area contributed by atoms with Crippen LogP contribution >= 0.6 is 15.9 Å². The van der Waals surface area contributed by atoms with Crippen molar-refractivity contribution in [2.75, 3.05) is 11.9 Å². The molecule has 0 amide bonds. The first-order valence-corrected chi connectivity index (χ1v) is 4.07. The zero-order valence-corrected chi connectivity index (χ0v) is 7.36. The van der Waals surface area contributed by atoms with Crippen molar-refractivity contribution in [1.29, 1.82) is 0 Å². The molecule has 0 saturated carbocycles. The Morgan fingerprint density at radius 2 is 2.33 bits per heavy atom. The molecule has 0 aliphatic rings. The van der Waals surface area contributed by atoms with E-state index in [0.29, 0.717) is 0 Å². The lowest BCUT2D eigenvalue weighted by Gasteiger charge is -2.04. The molecule has 0 saturated heterocycles. The fourth-order valence-electron chi connectivity index (χ4n) is 0.487. The quantitative estimate of drug-likeness (QED) is 0.488. The van der Waals surface area contributed by atoms with Crippen LogP contribution in [0.15, 0.2) is 0 Å². The van der Waals surface area contributed by atoms with E-state index in [0.717, 1.165) is 11.9 Å². The number of rotatable bonds is 3. The lowest BCUT2D eigenvalue weighted by molar-refractivity contribution is 0.120. The zero-order chi connectivity index (χ0) is 7.11. The summed E-state index contributed by atoms with van der Waals surface area (Å²) in [7, 11) is 0. The molecule has 1 nitrogen and oxygen atoms in total. The summed E-state index contributed by atoms with van der Waals surface area (Å²) in [5.41, 5.74) is 0. The average Bonchev–Trinajstić information content (AvgIpc) is 1.88. The Hall–Kier alpha value is -0.0000000000000000208. The largest absolute Gasteiger partial charge is 0.365 e. The second-order valence-electron chi connectivity index (χ2n) is 1.49. The summed E-state index contributed by atoms with van der Waals surface area (Å²) < 4.78 is 5.21. The first kappa shape index (κ1) is 9.00. The molecule has 0 aliphatic heterocycles. The molecule has 2 heteroatoms. The lowest BCUT2D eigenvalue weighted by atomic mass is 10.4. The van der Waals surface area contributed by atoms with Crippen molar-refractivity contribution in [2.45, 2.75) is 20.0 Å². The smallest absolute Gasteiger partial charge is 0.127 e. The minimum atomic E-state index is 0.0694. The molecule has 0 radical (unpaired) electrons. The van der Waals surface area contributed by atoms with E-state index in [9.17, 15) is 0 Å². The van der Waals surface area contributed by atoms with Gasteiger partial charge in [-0.15, -0.1) is 5.92 Å². The van der Waals surface area contributed by atoms with E-state index in [2.05, 4.69) is 27.8 Å². The van der Waals surface area contributed by atoms with Crippen LogP contribution in [0.5, 0.6) is 0 Å². The van der Waals surface area contributed by atoms with Crippen LogP contribution in [0.2, 0.25) is 0 Å². The molecule has 0 aromatic heterocycles. The molecular formula is C7H11BrO. The van der Waals surface area contributed by atoms with Gasteiger partial charge in [-0.05, 0) is 13.8 Å². The lowest BCUT2D eigenvalue weighted by Crippen LogP contribution is -2.11. The van der Waals surface area contributed by atoms with Gasteiger partial charge < -0.3 is 4.74 Å². The Morgan fingerprint density at radius 1 is 1.67 bits per heavy atom. The highest BCUT2D eigenvalue weighted by Gasteiger charge is 1.98. The number of hydrogen-bond donors (Lipinski definition) is 0. The van der Waals surface area contributed by atoms with Crippen molar-refractivity contribution >= 4 is 15.9 Å². The van der Waals surface area contributed by atoms with Crippen molar-refractivity contribution in [1.82, 2.24) is 0 Å². The third kappa shape index (κ3) is 4.50. The molecule has 0 fully saturated rings. The summed E-state index contributed by atoms with van der Waals surface area (Å²) in [5, 5.41) is 0.793. The van der Waals surface area contributed by atoms with Crippen LogP contribution in [0.1, 0.15) is 13.8 Å². The first-order chi connectivity index (χ1) is 4.35. The van der Waals surface area contributed by atoms with E-state index >= 15 is 0 Å². The van der Waals surface area contributed by atoms with E-state index in [-0.39, 0.29) is 6.10 Å². The van der Waals surface area contributed by atoms with Crippen LogP contribution in [-0.2, 0) is 4.74 Å². The molecule has 0 spiro atoms. The van der Waals surface area contributed by atoms with E-state index in [1.807, 2.05) is 13.8 Å². The normalized spacial score (nSPS) is 11.9. The van der Waals surface area contributed by atoms with Gasteiger partial charge >= 0.3 is 0 Å². The minimum absolute atomic E-state index is 0.0694. The van der Waals surface area contributed by atoms with Crippen molar-refractivity contribution in [3.63, 3.8) is 0 Å². The molecule has 1 unspecified atom stereocenters. The van der Waals surface area contributed by atoms with Gasteiger partial charge in [0.25, 0.3) is 0 Å². The minimum Gasteiger partial charge on any atom is -0.365 e. The van der Waals surface area contributed by atoms with Gasteiger partial charge in [-0.1, -0.05) is 21.9 Å². The van der Waals surface area contributed by atoms with Crippen molar-refractivity contribution < 1.29 is 4.74 Å². The highest BCUT2D eigenvalue weighted by atomic mass is 79.9. The SMILES string of the molecule is CC#CC(CBr)OCC. The molecule has 0 aromatic rings. The van der Waals surface area contributed by atoms with Crippen molar-refractivity contribution in [3.8, 4) is 11.8 Å². The molecule has 0 bridgehead atoms. The van der Waals surface area contributed by atoms with Crippen molar-refractivity contribution in [3.05, 3.63) is 0 Å². The monoisotopic (exact) mass is 190 g/mol. The van der Waals surface area contributed by atoms with Crippen molar-refractivity contribution in [2.24, 2.45) is 0 Å². The third-order valence-corrected chi connectivity index (χ3v) is 1.40. The van der Waals surface area contributed by atoms with Crippen LogP contribution < -0.4 is 0 Å². The van der Waals surface area contributed by atoms with E-state index in [1.54, 1.807) is 0 Å². The van der Waals surface area contributed by atoms with E-state index in [1.165, 1.54) is 0 Å². The van der Waals surface area contributed by atoms with Gasteiger partial charge in [0.15, 0.2) is 0 Å². The maximum atomic E-state index is 5.21.